The molecule has 0 bridgehead atoms. The van der Waals surface area contributed by atoms with E-state index < -0.39 is 64.1 Å². The summed E-state index contributed by atoms with van der Waals surface area (Å²) in [5.74, 6) is -1.81. The molecule has 202 valence electrons. The lowest BCUT2D eigenvalue weighted by Crippen LogP contribution is -2.33. The number of rotatable bonds is 9. The van der Waals surface area contributed by atoms with Gasteiger partial charge in [0.15, 0.2) is 17.8 Å². The van der Waals surface area contributed by atoms with E-state index in [4.69, 9.17) is 30.6 Å². The summed E-state index contributed by atoms with van der Waals surface area (Å²) in [7, 11) is -9.56. The molecule has 1 aliphatic rings. The van der Waals surface area contributed by atoms with Crippen LogP contribution in [0.5, 0.6) is 0 Å². The monoisotopic (exact) mass is 580 g/mol. The van der Waals surface area contributed by atoms with E-state index in [1.165, 1.54) is 18.3 Å². The Kier molecular flexibility index (Phi) is 8.08. The molecule has 0 radical (unpaired) electrons. The van der Waals surface area contributed by atoms with Crippen LogP contribution in [0.1, 0.15) is 24.8 Å². The second kappa shape index (κ2) is 10.7. The highest BCUT2D eigenvalue weighted by Crippen LogP contribution is 2.55. The molecule has 0 amide bonds. The van der Waals surface area contributed by atoms with Crippen LogP contribution < -0.4 is 5.32 Å². The number of pyridine rings is 1. The van der Waals surface area contributed by atoms with Gasteiger partial charge in [-0.05, 0) is 19.1 Å². The third kappa shape index (κ3) is 6.37. The molecule has 4 rings (SSSR count). The molecule has 1 fully saturated rings. The lowest BCUT2D eigenvalue weighted by Gasteiger charge is -2.19. The minimum atomic E-state index is -4.85. The first-order valence-electron chi connectivity index (χ1n) is 10.8. The molecule has 1 saturated heterocycles. The number of aliphatic hydroxyl groups excluding tert-OH is 2. The van der Waals surface area contributed by atoms with Crippen LogP contribution >= 0.6 is 26.8 Å². The first-order valence-corrected chi connectivity index (χ1v) is 14.8. The second-order valence-electron chi connectivity index (χ2n) is 8.49. The Bertz CT molecular complexity index is 1390. The fourth-order valence-electron chi connectivity index (χ4n) is 3.96. The Morgan fingerprint density at radius 3 is 2.62 bits per heavy atom. The maximum absolute atomic E-state index is 14.2. The average molecular weight is 581 g/mol. The smallest absolute Gasteiger partial charge is 0.340 e. The summed E-state index contributed by atoms with van der Waals surface area (Å²) in [6, 6.07) is 7.31. The zero-order valence-electron chi connectivity index (χ0n) is 19.1. The van der Waals surface area contributed by atoms with Crippen LogP contribution in [0.25, 0.3) is 11.0 Å². The molecule has 6 atom stereocenters. The topological polar surface area (TPSA) is 196 Å². The molecule has 0 aliphatic carbocycles. The molecule has 3 aromatic rings. The highest BCUT2D eigenvalue weighted by atomic mass is 35.5. The van der Waals surface area contributed by atoms with Gasteiger partial charge in [-0.3, -0.25) is 9.13 Å². The molecule has 17 heteroatoms. The van der Waals surface area contributed by atoms with E-state index in [9.17, 15) is 28.6 Å². The first-order chi connectivity index (χ1) is 17.3. The molecule has 37 heavy (non-hydrogen) atoms. The molecule has 1 aliphatic heterocycles. The zero-order chi connectivity index (χ0) is 27.1. The standard InChI is InChI=1S/C20H24ClFN4O9P2/c1-10(11-4-2-3-5-13(11)22)24-14-6-16(21)25-19-12(14)7-23-26(19)20-18(28)17(27)15(35-20)8-34-37(32,33)9-36(29,30)31/h2-7,10,15,17-18,20,27-28H,8-9H2,1H3,(H,24,25)(H,32,33)(H2,29,30,31)/t10-,15+,17+,18+,20-/m0/s1. The van der Waals surface area contributed by atoms with Crippen molar-refractivity contribution in [3.8, 4) is 0 Å². The van der Waals surface area contributed by atoms with E-state index >= 15 is 0 Å². The van der Waals surface area contributed by atoms with Gasteiger partial charge in [0.1, 0.15) is 29.3 Å². The van der Waals surface area contributed by atoms with Crippen LogP contribution in [0.4, 0.5) is 10.1 Å². The van der Waals surface area contributed by atoms with Crippen LogP contribution in [-0.4, -0.2) is 70.5 Å². The lowest BCUT2D eigenvalue weighted by atomic mass is 10.1. The van der Waals surface area contributed by atoms with Gasteiger partial charge in [-0.15, -0.1) is 0 Å². The SMILES string of the molecule is C[C@H](Nc1cc(Cl)nc2c1cnn2[C@H]1O[C@H](COP(=O)(O)CP(=O)(O)O)[C@@H](O)[C@H]1O)c1ccccc1F. The Balaban J connectivity index is 1.56. The number of anilines is 1. The minimum Gasteiger partial charge on any atom is -0.387 e. The maximum Gasteiger partial charge on any atom is 0.340 e. The summed E-state index contributed by atoms with van der Waals surface area (Å²) in [6.07, 6.45) is -4.43. The number of nitrogens with one attached hydrogen (secondary N) is 1. The van der Waals surface area contributed by atoms with Crippen molar-refractivity contribution >= 4 is 43.5 Å². The number of nitrogens with zero attached hydrogens (tertiary/aromatic N) is 3. The second-order valence-corrected chi connectivity index (χ2v) is 12.9. The van der Waals surface area contributed by atoms with Crippen molar-refractivity contribution in [2.45, 2.75) is 37.5 Å². The Labute approximate surface area is 214 Å². The van der Waals surface area contributed by atoms with Gasteiger partial charge in [0.05, 0.1) is 29.9 Å². The third-order valence-electron chi connectivity index (χ3n) is 5.66. The number of benzene rings is 1. The summed E-state index contributed by atoms with van der Waals surface area (Å²) in [4.78, 5) is 31.7. The minimum absolute atomic E-state index is 0.0454. The molecular formula is C20H24ClFN4O9P2. The number of hydrogen-bond donors (Lipinski definition) is 6. The number of ether oxygens (including phenoxy) is 1. The molecule has 0 spiro atoms. The van der Waals surface area contributed by atoms with E-state index in [0.29, 0.717) is 16.6 Å². The van der Waals surface area contributed by atoms with E-state index in [-0.39, 0.29) is 10.8 Å². The summed E-state index contributed by atoms with van der Waals surface area (Å²) in [5, 5.41) is 28.8. The zero-order valence-corrected chi connectivity index (χ0v) is 21.7. The molecule has 13 nitrogen and oxygen atoms in total. The average Bonchev–Trinajstić information content (AvgIpc) is 3.32. The number of aromatic nitrogens is 3. The van der Waals surface area contributed by atoms with Crippen LogP contribution in [-0.2, 0) is 18.4 Å². The summed E-state index contributed by atoms with van der Waals surface area (Å²) < 4.78 is 48.6. The van der Waals surface area contributed by atoms with Gasteiger partial charge in [-0.1, -0.05) is 29.8 Å². The predicted molar refractivity (Wildman–Crippen MR) is 130 cm³/mol. The van der Waals surface area contributed by atoms with Crippen molar-refractivity contribution in [2.75, 3.05) is 17.8 Å². The fraction of sp³-hybridized carbons (Fsp3) is 0.400. The van der Waals surface area contributed by atoms with E-state index in [1.54, 1.807) is 25.1 Å². The molecule has 0 saturated carbocycles. The number of fused-ring (bicyclic) bond motifs is 1. The van der Waals surface area contributed by atoms with Crippen molar-refractivity contribution in [2.24, 2.45) is 0 Å². The van der Waals surface area contributed by atoms with Gasteiger partial charge in [-0.2, -0.15) is 5.10 Å². The van der Waals surface area contributed by atoms with Gasteiger partial charge < -0.3 is 39.5 Å². The van der Waals surface area contributed by atoms with Crippen LogP contribution in [0, 0.1) is 5.82 Å². The molecule has 1 unspecified atom stereocenters. The van der Waals surface area contributed by atoms with Crippen LogP contribution in [0.2, 0.25) is 5.15 Å². The van der Waals surface area contributed by atoms with Crippen molar-refractivity contribution in [1.82, 2.24) is 14.8 Å². The molecule has 1 aromatic carbocycles. The van der Waals surface area contributed by atoms with E-state index in [1.807, 2.05) is 0 Å². The number of hydrogen-bond acceptors (Lipinski definition) is 9. The highest BCUT2D eigenvalue weighted by Gasteiger charge is 2.46. The number of aliphatic hydroxyl groups is 2. The van der Waals surface area contributed by atoms with Gasteiger partial charge in [0.2, 0.25) is 0 Å². The van der Waals surface area contributed by atoms with Gasteiger partial charge in [0.25, 0.3) is 0 Å². The molecule has 6 N–H and O–H groups in total. The van der Waals surface area contributed by atoms with Crippen LogP contribution in [0.15, 0.2) is 36.5 Å². The molecule has 3 heterocycles. The lowest BCUT2D eigenvalue weighted by molar-refractivity contribution is -0.0541. The van der Waals surface area contributed by atoms with Gasteiger partial charge in [0, 0.05) is 5.56 Å². The van der Waals surface area contributed by atoms with E-state index in [0.717, 1.165) is 4.68 Å². The summed E-state index contributed by atoms with van der Waals surface area (Å²) in [6.45, 7) is 1.00. The molecular weight excluding hydrogens is 557 g/mol. The van der Waals surface area contributed by atoms with Crippen molar-refractivity contribution in [3.05, 3.63) is 53.1 Å². The molecule has 2 aromatic heterocycles. The normalized spacial score (nSPS) is 24.8. The van der Waals surface area contributed by atoms with Crippen molar-refractivity contribution < 1.29 is 47.7 Å². The highest BCUT2D eigenvalue weighted by molar-refractivity contribution is 7.70. The number of halogens is 2. The largest absolute Gasteiger partial charge is 0.387 e. The summed E-state index contributed by atoms with van der Waals surface area (Å²) >= 11 is 6.20. The third-order valence-corrected chi connectivity index (χ3v) is 9.31. The van der Waals surface area contributed by atoms with Crippen LogP contribution in [0.3, 0.4) is 0 Å². The fourth-order valence-corrected chi connectivity index (χ4v) is 6.72. The predicted octanol–water partition coefficient (Wildman–Crippen LogP) is 2.35. The Morgan fingerprint density at radius 1 is 1.24 bits per heavy atom. The van der Waals surface area contributed by atoms with Crippen molar-refractivity contribution in [3.63, 3.8) is 0 Å². The Morgan fingerprint density at radius 2 is 1.95 bits per heavy atom. The summed E-state index contributed by atoms with van der Waals surface area (Å²) in [5.41, 5.74) is 1.03. The quantitative estimate of drug-likeness (QED) is 0.160. The van der Waals surface area contributed by atoms with Gasteiger partial charge in [-0.25, -0.2) is 14.1 Å². The van der Waals surface area contributed by atoms with Crippen molar-refractivity contribution in [1.29, 1.82) is 0 Å². The van der Waals surface area contributed by atoms with Gasteiger partial charge >= 0.3 is 15.2 Å². The Hall–Kier alpha value is -1.96. The first kappa shape index (κ1) is 28.1. The maximum atomic E-state index is 14.2. The van der Waals surface area contributed by atoms with E-state index in [2.05, 4.69) is 15.4 Å².